The van der Waals surface area contributed by atoms with Crippen molar-refractivity contribution in [2.75, 3.05) is 0 Å². The maximum atomic E-state index is 9.89. The molecular formula is C72H75Cl2SiZr. The van der Waals surface area contributed by atoms with Gasteiger partial charge in [0.1, 0.15) is 0 Å². The van der Waals surface area contributed by atoms with Crippen LogP contribution in [0.15, 0.2) is 164 Å². The molecule has 385 valence electrons. The van der Waals surface area contributed by atoms with Crippen molar-refractivity contribution in [2.24, 2.45) is 0 Å². The molecule has 3 aliphatic rings. The topological polar surface area (TPSA) is 0 Å². The van der Waals surface area contributed by atoms with Crippen LogP contribution in [-0.4, -0.2) is 9.52 Å². The minimum atomic E-state index is -6.15. The molecule has 1 aliphatic heterocycles. The first-order valence-corrected chi connectivity index (χ1v) is 40.1. The summed E-state index contributed by atoms with van der Waals surface area (Å²) >= 11 is -6.15. The van der Waals surface area contributed by atoms with Crippen molar-refractivity contribution in [3.05, 3.63) is 231 Å². The third kappa shape index (κ3) is 8.81. The van der Waals surface area contributed by atoms with Crippen LogP contribution in [0, 0.1) is 0 Å². The van der Waals surface area contributed by atoms with Gasteiger partial charge in [0.25, 0.3) is 0 Å². The van der Waals surface area contributed by atoms with E-state index in [1.54, 1.807) is 0 Å². The van der Waals surface area contributed by atoms with Crippen LogP contribution in [0.5, 0.6) is 0 Å². The second-order valence-electron chi connectivity index (χ2n) is 24.4. The van der Waals surface area contributed by atoms with E-state index in [4.69, 9.17) is 0 Å². The molecule has 2 unspecified atom stereocenters. The van der Waals surface area contributed by atoms with Crippen molar-refractivity contribution < 1.29 is 16.4 Å². The van der Waals surface area contributed by atoms with Crippen molar-refractivity contribution >= 4 is 63.5 Å². The van der Waals surface area contributed by atoms with E-state index in [0.717, 1.165) is 0 Å². The second kappa shape index (κ2) is 20.3. The Bertz CT molecular complexity index is 3390. The fourth-order valence-electron chi connectivity index (χ4n) is 13.5. The number of fused-ring (bicyclic) bond motifs is 5. The number of halogens is 2. The Morgan fingerprint density at radius 2 is 0.776 bits per heavy atom. The molecule has 0 nitrogen and oxygen atoms in total. The van der Waals surface area contributed by atoms with Crippen molar-refractivity contribution in [3.63, 3.8) is 0 Å². The summed E-state index contributed by atoms with van der Waals surface area (Å²) in [5, 5.41) is 2.90. The molecule has 4 heteroatoms. The molecule has 0 radical (unpaired) electrons. The predicted octanol–water partition coefficient (Wildman–Crippen LogP) is 19.1. The summed E-state index contributed by atoms with van der Waals surface area (Å²) in [6.07, 6.45) is 5.11. The Balaban J connectivity index is 1.30. The van der Waals surface area contributed by atoms with Crippen LogP contribution in [-0.2, 0) is 16.4 Å². The van der Waals surface area contributed by atoms with Gasteiger partial charge in [-0.2, -0.15) is 0 Å². The van der Waals surface area contributed by atoms with E-state index in [0.29, 0.717) is 23.7 Å². The van der Waals surface area contributed by atoms with Gasteiger partial charge in [0.2, 0.25) is 0 Å². The molecule has 8 aromatic rings. The summed E-state index contributed by atoms with van der Waals surface area (Å²) in [4.78, 5) is 0. The normalized spacial score (nSPS) is 16.7. The van der Waals surface area contributed by atoms with Gasteiger partial charge in [-0.15, -0.1) is 0 Å². The van der Waals surface area contributed by atoms with E-state index in [1.807, 2.05) is 0 Å². The van der Waals surface area contributed by atoms with E-state index < -0.39 is 25.9 Å². The number of benzene rings is 8. The molecule has 0 saturated heterocycles. The molecule has 0 spiro atoms. The Kier molecular flexibility index (Phi) is 14.1. The third-order valence-electron chi connectivity index (χ3n) is 17.5. The van der Waals surface area contributed by atoms with Gasteiger partial charge in [0.05, 0.1) is 0 Å². The van der Waals surface area contributed by atoms with Crippen LogP contribution in [0.3, 0.4) is 0 Å². The number of hydrogen-bond acceptors (Lipinski definition) is 0. The van der Waals surface area contributed by atoms with Crippen molar-refractivity contribution in [3.8, 4) is 33.4 Å². The molecule has 76 heavy (non-hydrogen) atoms. The van der Waals surface area contributed by atoms with Crippen LogP contribution >= 0.6 is 17.0 Å². The molecule has 2 aliphatic carbocycles. The van der Waals surface area contributed by atoms with Gasteiger partial charge >= 0.3 is 470 Å². The van der Waals surface area contributed by atoms with Crippen molar-refractivity contribution in [2.45, 2.75) is 126 Å². The fraction of sp³-hybridized carbons (Fsp3) is 0.278. The van der Waals surface area contributed by atoms with Crippen molar-refractivity contribution in [1.82, 2.24) is 0 Å². The van der Waals surface area contributed by atoms with Crippen molar-refractivity contribution in [1.29, 1.82) is 0 Å². The summed E-state index contributed by atoms with van der Waals surface area (Å²) in [5.74, 6) is 2.07. The maximum absolute atomic E-state index is 9.89. The monoisotopic (exact) mass is 1130 g/mol. The Hall–Kier alpha value is -5.08. The third-order valence-corrected chi connectivity index (χ3v) is 40.0. The Labute approximate surface area is 465 Å². The first-order chi connectivity index (χ1) is 36.3. The zero-order chi connectivity index (χ0) is 53.6. The van der Waals surface area contributed by atoms with Gasteiger partial charge in [-0.1, -0.05) is 0 Å². The van der Waals surface area contributed by atoms with Gasteiger partial charge in [-0.25, -0.2) is 0 Å². The Morgan fingerprint density at radius 3 is 1.18 bits per heavy atom. The summed E-state index contributed by atoms with van der Waals surface area (Å²) in [7, 11) is 18.8. The molecule has 1 heterocycles. The van der Waals surface area contributed by atoms with Gasteiger partial charge < -0.3 is 0 Å². The average molecular weight is 1130 g/mol. The van der Waals surface area contributed by atoms with Gasteiger partial charge in [-0.05, 0) is 0 Å². The van der Waals surface area contributed by atoms with Gasteiger partial charge in [-0.3, -0.25) is 0 Å². The molecule has 11 rings (SSSR count). The average Bonchev–Trinajstić information content (AvgIpc) is 4.32. The summed E-state index contributed by atoms with van der Waals surface area (Å²) < 4.78 is 0.621. The molecule has 0 amide bonds. The molecule has 0 bridgehead atoms. The zero-order valence-electron chi connectivity index (χ0n) is 46.8. The second-order valence-corrected chi connectivity index (χ2v) is 46.8. The van der Waals surface area contributed by atoms with E-state index in [-0.39, 0.29) is 19.1 Å². The van der Waals surface area contributed by atoms with Crippen LogP contribution in [0.2, 0.25) is 0 Å². The molecule has 0 aromatic heterocycles. The van der Waals surface area contributed by atoms with E-state index in [2.05, 4.69) is 259 Å². The van der Waals surface area contributed by atoms with E-state index in [1.165, 1.54) is 125 Å². The standard InChI is InChI=1S/2C30H33.C12H9Si.2ClH.Zr/c2*1-19(2)24-15-25(20(3)4)17-27(16-24)30-28(21(5)6)13-12-23-14-26(18-29(23)30)22-10-8-7-9-11-22;1-3-7-11-9(5-1)10-6-2-4-8-12(10)13-11;;;/h2*7-21H,1-6H3;1-7H,13H2;2*1H;/q;;;;;+2/p-2. The molecule has 0 saturated carbocycles. The SMILES string of the molecule is CC(C)c1cc(-c2c(C(C)C)ccc3c2C=C(c2ccccc2)[CH]3[Zr]([Cl])([Cl])([c]2cccc3c2[SiH2]c2ccccc2-3)[CH]2C(c3ccccc3)=Cc3c2ccc(C(C)C)c3-c2cc(C(C)C)cc(C(C)C)c2)cc(C(C)C)c1. The van der Waals surface area contributed by atoms with Crippen LogP contribution in [0.1, 0.15) is 193 Å². The minimum absolute atomic E-state index is 0.280. The number of hydrogen-bond donors (Lipinski definition) is 0. The Morgan fingerprint density at radius 1 is 0.382 bits per heavy atom. The first kappa shape index (κ1) is 52.9. The summed E-state index contributed by atoms with van der Waals surface area (Å²) in [6, 6.07) is 63.2. The fourth-order valence-corrected chi connectivity index (χ4v) is 40.5. The van der Waals surface area contributed by atoms with Crippen LogP contribution in [0.25, 0.3) is 56.7 Å². The summed E-state index contributed by atoms with van der Waals surface area (Å²) in [5.41, 5.74) is 26.0. The van der Waals surface area contributed by atoms with Crippen LogP contribution < -0.4 is 13.6 Å². The first-order valence-electron chi connectivity index (χ1n) is 28.3. The van der Waals surface area contributed by atoms with Crippen LogP contribution in [0.4, 0.5) is 0 Å². The molecule has 0 fully saturated rings. The zero-order valence-corrected chi connectivity index (χ0v) is 52.2. The number of allylic oxidation sites excluding steroid dienone is 2. The quantitative estimate of drug-likeness (QED) is 0.101. The molecule has 2 atom stereocenters. The molecule has 8 aromatic carbocycles. The number of rotatable bonds is 13. The van der Waals surface area contributed by atoms with E-state index >= 15 is 0 Å². The summed E-state index contributed by atoms with van der Waals surface area (Å²) in [6.45, 7) is 28.1. The molecular weight excluding hydrogens is 1060 g/mol. The predicted molar refractivity (Wildman–Crippen MR) is 333 cm³/mol. The van der Waals surface area contributed by atoms with Gasteiger partial charge in [0.15, 0.2) is 0 Å². The van der Waals surface area contributed by atoms with Gasteiger partial charge in [0, 0.05) is 0 Å². The van der Waals surface area contributed by atoms with E-state index in [9.17, 15) is 17.0 Å². The molecule has 0 N–H and O–H groups in total.